The van der Waals surface area contributed by atoms with E-state index in [9.17, 15) is 19.2 Å². The minimum Gasteiger partial charge on any atom is -0.444 e. The Balaban J connectivity index is 3.23. The molecule has 190 valence electrons. The largest absolute Gasteiger partial charge is 0.444 e. The first kappa shape index (κ1) is 28.9. The van der Waals surface area contributed by atoms with Gasteiger partial charge in [-0.15, -0.1) is 0 Å². The molecule has 0 saturated heterocycles. The first-order chi connectivity index (χ1) is 15.7. The maximum absolute atomic E-state index is 12.9. The second-order valence-electron chi connectivity index (χ2n) is 9.80. The average molecular weight is 478 g/mol. The molecule has 10 heteroatoms. The zero-order valence-electron chi connectivity index (χ0n) is 20.9. The summed E-state index contributed by atoms with van der Waals surface area (Å²) in [6.45, 7) is 10.5. The van der Waals surface area contributed by atoms with Crippen molar-refractivity contribution in [3.8, 4) is 0 Å². The van der Waals surface area contributed by atoms with Gasteiger partial charge in [0.05, 0.1) is 12.1 Å². The van der Waals surface area contributed by atoms with Crippen LogP contribution in [0.25, 0.3) is 0 Å². The summed E-state index contributed by atoms with van der Waals surface area (Å²) < 4.78 is 5.37. The van der Waals surface area contributed by atoms with Gasteiger partial charge in [-0.05, 0) is 52.0 Å². The molecule has 0 aliphatic carbocycles. The monoisotopic (exact) mass is 477 g/mol. The Kier molecular flexibility index (Phi) is 11.0. The van der Waals surface area contributed by atoms with E-state index in [1.807, 2.05) is 44.2 Å². The third-order valence-electron chi connectivity index (χ3n) is 4.90. The van der Waals surface area contributed by atoms with Gasteiger partial charge in [0.2, 0.25) is 17.7 Å². The lowest BCUT2D eigenvalue weighted by atomic mass is 9.96. The lowest BCUT2D eigenvalue weighted by Crippen LogP contribution is -2.62. The second kappa shape index (κ2) is 12.9. The van der Waals surface area contributed by atoms with E-state index in [-0.39, 0.29) is 12.3 Å². The van der Waals surface area contributed by atoms with Crippen LogP contribution < -0.4 is 27.4 Å². The van der Waals surface area contributed by atoms with Crippen molar-refractivity contribution in [2.75, 3.05) is 0 Å². The van der Waals surface area contributed by atoms with Crippen LogP contribution in [0.2, 0.25) is 0 Å². The van der Waals surface area contributed by atoms with Crippen molar-refractivity contribution in [3.63, 3.8) is 0 Å². The molecule has 0 bridgehead atoms. The Hall–Kier alpha value is -3.14. The molecular formula is C24H39N5O5. The van der Waals surface area contributed by atoms with Gasteiger partial charge in [-0.1, -0.05) is 44.2 Å². The summed E-state index contributed by atoms with van der Waals surface area (Å²) in [5.41, 5.74) is 11.1. The molecule has 4 amide bonds. The fourth-order valence-electron chi connectivity index (χ4n) is 3.30. The van der Waals surface area contributed by atoms with E-state index < -0.39 is 53.6 Å². The molecule has 0 heterocycles. The fourth-order valence-corrected chi connectivity index (χ4v) is 3.30. The molecule has 10 nitrogen and oxygen atoms in total. The molecule has 0 aliphatic rings. The summed E-state index contributed by atoms with van der Waals surface area (Å²) in [6.07, 6.45) is -0.103. The third kappa shape index (κ3) is 10.7. The van der Waals surface area contributed by atoms with Gasteiger partial charge < -0.3 is 26.8 Å². The predicted molar refractivity (Wildman–Crippen MR) is 129 cm³/mol. The van der Waals surface area contributed by atoms with Gasteiger partial charge in [-0.2, -0.15) is 0 Å². The van der Waals surface area contributed by atoms with E-state index in [1.165, 1.54) is 6.92 Å². The summed E-state index contributed by atoms with van der Waals surface area (Å²) in [5, 5.41) is 8.29. The number of ether oxygens (including phenoxy) is 1. The van der Waals surface area contributed by atoms with Crippen LogP contribution >= 0.6 is 0 Å². The van der Waals surface area contributed by atoms with Crippen LogP contribution in [0.15, 0.2) is 30.3 Å². The molecule has 0 unspecified atom stereocenters. The Morgan fingerprint density at radius 2 is 1.53 bits per heavy atom. The van der Waals surface area contributed by atoms with Crippen molar-refractivity contribution >= 4 is 23.8 Å². The van der Waals surface area contributed by atoms with E-state index in [0.29, 0.717) is 6.42 Å². The van der Waals surface area contributed by atoms with Gasteiger partial charge in [-0.25, -0.2) is 4.79 Å². The zero-order chi connectivity index (χ0) is 26.1. The van der Waals surface area contributed by atoms with Crippen LogP contribution in [-0.4, -0.2) is 53.6 Å². The summed E-state index contributed by atoms with van der Waals surface area (Å²) >= 11 is 0. The van der Waals surface area contributed by atoms with Crippen molar-refractivity contribution in [1.29, 1.82) is 0 Å². The number of amides is 4. The van der Waals surface area contributed by atoms with Crippen molar-refractivity contribution in [2.45, 2.75) is 84.2 Å². The summed E-state index contributed by atoms with van der Waals surface area (Å²) in [5.74, 6) is -1.85. The van der Waals surface area contributed by atoms with Gasteiger partial charge >= 0.3 is 6.09 Å². The lowest BCUT2D eigenvalue weighted by molar-refractivity contribution is -0.129. The molecular weight excluding hydrogens is 438 g/mol. The Labute approximate surface area is 201 Å². The van der Waals surface area contributed by atoms with Gasteiger partial charge in [0.1, 0.15) is 17.7 Å². The lowest BCUT2D eigenvalue weighted by Gasteiger charge is -2.32. The Bertz CT molecular complexity index is 838. The quantitative estimate of drug-likeness (QED) is 0.301. The van der Waals surface area contributed by atoms with E-state index in [1.54, 1.807) is 20.8 Å². The number of carbonyl (C=O) groups excluding carboxylic acids is 4. The highest BCUT2D eigenvalue weighted by Gasteiger charge is 2.34. The number of hydrogen-bond donors (Lipinski definition) is 5. The molecule has 0 aromatic heterocycles. The van der Waals surface area contributed by atoms with Gasteiger partial charge in [-0.3, -0.25) is 19.7 Å². The van der Waals surface area contributed by atoms with Crippen molar-refractivity contribution < 1.29 is 23.9 Å². The van der Waals surface area contributed by atoms with Gasteiger partial charge in [0.25, 0.3) is 0 Å². The molecule has 0 fully saturated rings. The van der Waals surface area contributed by atoms with Gasteiger partial charge in [0.15, 0.2) is 0 Å². The van der Waals surface area contributed by atoms with Crippen molar-refractivity contribution in [2.24, 2.45) is 17.4 Å². The highest BCUT2D eigenvalue weighted by Crippen LogP contribution is 2.13. The Morgan fingerprint density at radius 3 is 2.00 bits per heavy atom. The van der Waals surface area contributed by atoms with Gasteiger partial charge in [0, 0.05) is 0 Å². The number of rotatable bonds is 12. The first-order valence-corrected chi connectivity index (χ1v) is 11.4. The number of alkyl carbamates (subject to hydrolysis) is 1. The smallest absolute Gasteiger partial charge is 0.407 e. The number of primary amides is 2. The number of nitrogens with two attached hydrogens (primary N) is 2. The van der Waals surface area contributed by atoms with Crippen LogP contribution in [-0.2, 0) is 25.5 Å². The molecule has 7 N–H and O–H groups in total. The van der Waals surface area contributed by atoms with Crippen LogP contribution in [0.3, 0.4) is 0 Å². The molecule has 34 heavy (non-hydrogen) atoms. The summed E-state index contributed by atoms with van der Waals surface area (Å²) in [4.78, 5) is 49.4. The first-order valence-electron chi connectivity index (χ1n) is 11.4. The van der Waals surface area contributed by atoms with E-state index >= 15 is 0 Å². The molecule has 0 spiro atoms. The van der Waals surface area contributed by atoms with E-state index in [0.717, 1.165) is 5.56 Å². The summed E-state index contributed by atoms with van der Waals surface area (Å²) in [6, 6.07) is 5.57. The molecule has 1 rings (SSSR count). The Morgan fingerprint density at radius 1 is 0.941 bits per heavy atom. The molecule has 0 aliphatic heterocycles. The van der Waals surface area contributed by atoms with Crippen LogP contribution in [0.1, 0.15) is 53.5 Å². The number of benzene rings is 1. The molecule has 4 atom stereocenters. The molecule has 0 radical (unpaired) electrons. The SMILES string of the molecule is CC(C)C[C@H](N[C@@H](C(N)=O)[C@H](Cc1ccccc1)NC(=O)OC(C)(C)C)C(=O)N[C@@H](C)C(N)=O. The minimum absolute atomic E-state index is 0.0760. The average Bonchev–Trinajstić information content (AvgIpc) is 2.69. The highest BCUT2D eigenvalue weighted by atomic mass is 16.6. The molecule has 1 aromatic rings. The van der Waals surface area contributed by atoms with Crippen molar-refractivity contribution in [1.82, 2.24) is 16.0 Å². The van der Waals surface area contributed by atoms with Crippen molar-refractivity contribution in [3.05, 3.63) is 35.9 Å². The van der Waals surface area contributed by atoms with Crippen LogP contribution in [0.5, 0.6) is 0 Å². The maximum Gasteiger partial charge on any atom is 0.407 e. The van der Waals surface area contributed by atoms with Crippen LogP contribution in [0.4, 0.5) is 4.79 Å². The highest BCUT2D eigenvalue weighted by molar-refractivity contribution is 5.89. The van der Waals surface area contributed by atoms with Crippen LogP contribution in [0, 0.1) is 5.92 Å². The normalized spacial score (nSPS) is 15.0. The second-order valence-corrected chi connectivity index (χ2v) is 9.80. The van der Waals surface area contributed by atoms with E-state index in [4.69, 9.17) is 16.2 Å². The topological polar surface area (TPSA) is 166 Å². The summed E-state index contributed by atoms with van der Waals surface area (Å²) in [7, 11) is 0. The minimum atomic E-state index is -1.11. The molecule has 1 aromatic carbocycles. The molecule has 0 saturated carbocycles. The number of hydrogen-bond acceptors (Lipinski definition) is 6. The zero-order valence-corrected chi connectivity index (χ0v) is 20.9. The fraction of sp³-hybridized carbons (Fsp3) is 0.583. The predicted octanol–water partition coefficient (Wildman–Crippen LogP) is 0.971. The standard InChI is InChI=1S/C24H39N5O5/c1-14(2)12-18(22(32)27-15(3)20(25)30)28-19(21(26)31)17(13-16-10-8-7-9-11-16)29-23(33)34-24(4,5)6/h7-11,14-15,17-19,28H,12-13H2,1-6H3,(H2,25,30)(H2,26,31)(H,27,32)(H,29,33)/t15-,17-,18-,19+/m0/s1. The third-order valence-corrected chi connectivity index (χ3v) is 4.90. The number of nitrogens with one attached hydrogen (secondary N) is 3. The number of carbonyl (C=O) groups is 4. The maximum atomic E-state index is 12.9. The van der Waals surface area contributed by atoms with E-state index in [2.05, 4.69) is 16.0 Å².